The van der Waals surface area contributed by atoms with E-state index in [4.69, 9.17) is 5.84 Å². The van der Waals surface area contributed by atoms with Gasteiger partial charge in [0.25, 0.3) is 0 Å². The molecule has 0 saturated carbocycles. The Morgan fingerprint density at radius 3 is 2.82 bits per heavy atom. The summed E-state index contributed by atoms with van der Waals surface area (Å²) in [7, 11) is 0. The molecule has 0 atom stereocenters. The third-order valence-electron chi connectivity index (χ3n) is 1.25. The number of hydrogen-bond acceptors (Lipinski definition) is 2. The molecular weight excluding hydrogens is 142 g/mol. The van der Waals surface area contributed by atoms with E-state index in [1.54, 1.807) is 11.0 Å². The van der Waals surface area contributed by atoms with E-state index < -0.39 is 0 Å². The van der Waals surface area contributed by atoms with Crippen LogP contribution in [0.25, 0.3) is 0 Å². The third kappa shape index (κ3) is 3.62. The summed E-state index contributed by atoms with van der Waals surface area (Å²) in [6.07, 6.45) is 2.59. The largest absolute Gasteiger partial charge is 0.331 e. The Balaban J connectivity index is 3.86. The van der Waals surface area contributed by atoms with Crippen molar-refractivity contribution < 1.29 is 4.79 Å². The van der Waals surface area contributed by atoms with Crippen LogP contribution in [0.4, 0.5) is 4.79 Å². The molecular formula is C7H15N3O. The van der Waals surface area contributed by atoms with Crippen LogP contribution in [-0.2, 0) is 0 Å². The number of carbonyl (C=O) groups excluding carboxylic acids is 1. The number of rotatable bonds is 4. The Bertz CT molecular complexity index is 136. The molecule has 0 rings (SSSR count). The zero-order valence-electron chi connectivity index (χ0n) is 6.84. The Morgan fingerprint density at radius 1 is 1.82 bits per heavy atom. The van der Waals surface area contributed by atoms with Gasteiger partial charge in [0.15, 0.2) is 0 Å². The van der Waals surface area contributed by atoms with Crippen LogP contribution in [0.1, 0.15) is 13.3 Å². The molecule has 0 radical (unpaired) electrons. The molecule has 0 aromatic rings. The van der Waals surface area contributed by atoms with Gasteiger partial charge in [-0.05, 0) is 6.42 Å². The summed E-state index contributed by atoms with van der Waals surface area (Å²) in [6.45, 7) is 6.78. The second-order valence-corrected chi connectivity index (χ2v) is 2.18. The van der Waals surface area contributed by atoms with Crippen molar-refractivity contribution in [2.24, 2.45) is 5.84 Å². The molecule has 2 amide bonds. The van der Waals surface area contributed by atoms with E-state index in [0.717, 1.165) is 6.42 Å². The molecule has 11 heavy (non-hydrogen) atoms. The number of amides is 2. The third-order valence-corrected chi connectivity index (χ3v) is 1.25. The number of nitrogens with two attached hydrogens (primary N) is 1. The molecule has 0 aromatic carbocycles. The highest BCUT2D eigenvalue weighted by molar-refractivity contribution is 5.73. The van der Waals surface area contributed by atoms with Gasteiger partial charge < -0.3 is 4.90 Å². The van der Waals surface area contributed by atoms with Crippen molar-refractivity contribution in [3.63, 3.8) is 0 Å². The van der Waals surface area contributed by atoms with Crippen molar-refractivity contribution in [2.75, 3.05) is 13.1 Å². The molecule has 0 saturated heterocycles. The van der Waals surface area contributed by atoms with Crippen molar-refractivity contribution >= 4 is 6.03 Å². The molecule has 4 nitrogen and oxygen atoms in total. The number of hydrogen-bond donors (Lipinski definition) is 2. The highest BCUT2D eigenvalue weighted by Crippen LogP contribution is 1.91. The standard InChI is InChI=1S/C7H15N3O/c1-3-5-10(6-4-2)7(11)9-8/h3H,1,4-6,8H2,2H3,(H,9,11). The molecule has 3 N–H and O–H groups in total. The average molecular weight is 157 g/mol. The normalized spacial score (nSPS) is 8.91. The number of urea groups is 1. The van der Waals surface area contributed by atoms with Gasteiger partial charge in [-0.2, -0.15) is 0 Å². The first-order valence-electron chi connectivity index (χ1n) is 3.62. The van der Waals surface area contributed by atoms with Crippen LogP contribution in [0.3, 0.4) is 0 Å². The van der Waals surface area contributed by atoms with E-state index >= 15 is 0 Å². The van der Waals surface area contributed by atoms with Crippen LogP contribution in [0.15, 0.2) is 12.7 Å². The predicted molar refractivity (Wildman–Crippen MR) is 44.8 cm³/mol. The van der Waals surface area contributed by atoms with Gasteiger partial charge in [0.1, 0.15) is 0 Å². The van der Waals surface area contributed by atoms with Gasteiger partial charge in [-0.25, -0.2) is 10.6 Å². The molecule has 0 aliphatic heterocycles. The average Bonchev–Trinajstić information content (AvgIpc) is 2.03. The van der Waals surface area contributed by atoms with Crippen LogP contribution in [0, 0.1) is 0 Å². The first kappa shape index (κ1) is 9.97. The van der Waals surface area contributed by atoms with E-state index in [2.05, 4.69) is 12.0 Å². The summed E-state index contributed by atoms with van der Waals surface area (Å²) in [5.41, 5.74) is 2.07. The molecule has 0 bridgehead atoms. The first-order chi connectivity index (χ1) is 5.26. The Kier molecular flexibility index (Phi) is 5.20. The summed E-state index contributed by atoms with van der Waals surface area (Å²) in [5.74, 6) is 4.96. The first-order valence-corrected chi connectivity index (χ1v) is 3.62. The molecule has 0 fully saturated rings. The van der Waals surface area contributed by atoms with Gasteiger partial charge in [0.05, 0.1) is 0 Å². The van der Waals surface area contributed by atoms with Gasteiger partial charge in [-0.15, -0.1) is 6.58 Å². The van der Waals surface area contributed by atoms with Crippen molar-refractivity contribution in [2.45, 2.75) is 13.3 Å². The minimum Gasteiger partial charge on any atom is -0.320 e. The van der Waals surface area contributed by atoms with Crippen LogP contribution < -0.4 is 11.3 Å². The monoisotopic (exact) mass is 157 g/mol. The number of hydrazine groups is 1. The van der Waals surface area contributed by atoms with Crippen LogP contribution in [0.5, 0.6) is 0 Å². The van der Waals surface area contributed by atoms with E-state index in [1.807, 2.05) is 6.92 Å². The van der Waals surface area contributed by atoms with E-state index in [1.165, 1.54) is 0 Å². The fraction of sp³-hybridized carbons (Fsp3) is 0.571. The van der Waals surface area contributed by atoms with Gasteiger partial charge in [0, 0.05) is 13.1 Å². The highest BCUT2D eigenvalue weighted by Gasteiger charge is 2.07. The molecule has 0 heterocycles. The Hall–Kier alpha value is -1.03. The van der Waals surface area contributed by atoms with Crippen LogP contribution in [0.2, 0.25) is 0 Å². The van der Waals surface area contributed by atoms with Crippen molar-refractivity contribution in [1.29, 1.82) is 0 Å². The quantitative estimate of drug-likeness (QED) is 0.270. The van der Waals surface area contributed by atoms with Gasteiger partial charge in [-0.3, -0.25) is 5.43 Å². The maximum atomic E-state index is 10.9. The van der Waals surface area contributed by atoms with Crippen molar-refractivity contribution in [3.05, 3.63) is 12.7 Å². The van der Waals surface area contributed by atoms with Gasteiger partial charge >= 0.3 is 6.03 Å². The maximum Gasteiger partial charge on any atom is 0.331 e. The zero-order valence-corrected chi connectivity index (χ0v) is 6.84. The fourth-order valence-electron chi connectivity index (χ4n) is 0.793. The Labute approximate surface area is 67.0 Å². The van der Waals surface area contributed by atoms with Gasteiger partial charge in [0.2, 0.25) is 0 Å². The fourth-order valence-corrected chi connectivity index (χ4v) is 0.793. The maximum absolute atomic E-state index is 10.9. The highest BCUT2D eigenvalue weighted by atomic mass is 16.2. The summed E-state index contributed by atoms with van der Waals surface area (Å²) in [5, 5.41) is 0. The van der Waals surface area contributed by atoms with Crippen LogP contribution >= 0.6 is 0 Å². The molecule has 0 aliphatic carbocycles. The number of nitrogens with one attached hydrogen (secondary N) is 1. The topological polar surface area (TPSA) is 58.4 Å². The lowest BCUT2D eigenvalue weighted by atomic mass is 10.4. The van der Waals surface area contributed by atoms with E-state index in [-0.39, 0.29) is 6.03 Å². The molecule has 64 valence electrons. The SMILES string of the molecule is C=CCN(CCC)C(=O)NN. The van der Waals surface area contributed by atoms with Crippen LogP contribution in [-0.4, -0.2) is 24.0 Å². The number of carbonyl (C=O) groups is 1. The molecule has 0 aromatic heterocycles. The van der Waals surface area contributed by atoms with Gasteiger partial charge in [-0.1, -0.05) is 13.0 Å². The summed E-state index contributed by atoms with van der Waals surface area (Å²) >= 11 is 0. The summed E-state index contributed by atoms with van der Waals surface area (Å²) in [6, 6.07) is -0.258. The summed E-state index contributed by atoms with van der Waals surface area (Å²) < 4.78 is 0. The molecule has 4 heteroatoms. The summed E-state index contributed by atoms with van der Waals surface area (Å²) in [4.78, 5) is 12.5. The second-order valence-electron chi connectivity index (χ2n) is 2.18. The second kappa shape index (κ2) is 5.73. The smallest absolute Gasteiger partial charge is 0.320 e. The molecule has 0 unspecified atom stereocenters. The zero-order chi connectivity index (χ0) is 8.69. The lowest BCUT2D eigenvalue weighted by Crippen LogP contribution is -2.43. The predicted octanol–water partition coefficient (Wildman–Crippen LogP) is 0.468. The Morgan fingerprint density at radius 2 is 2.45 bits per heavy atom. The lowest BCUT2D eigenvalue weighted by Gasteiger charge is -2.18. The van der Waals surface area contributed by atoms with Crippen molar-refractivity contribution in [3.8, 4) is 0 Å². The minimum absolute atomic E-state index is 0.258. The molecule has 0 aliphatic rings. The van der Waals surface area contributed by atoms with E-state index in [9.17, 15) is 4.79 Å². The minimum atomic E-state index is -0.258. The van der Waals surface area contributed by atoms with Crippen molar-refractivity contribution in [1.82, 2.24) is 10.3 Å². The number of nitrogens with zero attached hydrogens (tertiary/aromatic N) is 1. The van der Waals surface area contributed by atoms with E-state index in [0.29, 0.717) is 13.1 Å². The molecule has 0 spiro atoms. The lowest BCUT2D eigenvalue weighted by molar-refractivity contribution is 0.203.